The fourth-order valence-electron chi connectivity index (χ4n) is 1.79. The Hall–Kier alpha value is -2.87. The number of aromatic nitrogens is 1. The van der Waals surface area contributed by atoms with E-state index in [1.54, 1.807) is 6.07 Å². The molecule has 1 aromatic heterocycles. The lowest BCUT2D eigenvalue weighted by Crippen LogP contribution is -2.30. The third-order valence-corrected chi connectivity index (χ3v) is 3.24. The van der Waals surface area contributed by atoms with Crippen molar-refractivity contribution in [2.75, 3.05) is 12.4 Å². The van der Waals surface area contributed by atoms with Gasteiger partial charge in [-0.3, -0.25) is 14.9 Å². The topological polar surface area (TPSA) is 104 Å². The lowest BCUT2D eigenvalue weighted by molar-refractivity contribution is -0.386. The van der Waals surface area contributed by atoms with E-state index in [0.29, 0.717) is 16.6 Å². The number of ether oxygens (including phenoxy) is 2. The Morgan fingerprint density at radius 1 is 1.38 bits per heavy atom. The second-order valence-electron chi connectivity index (χ2n) is 4.70. The van der Waals surface area contributed by atoms with Crippen molar-refractivity contribution in [3.05, 3.63) is 51.7 Å². The highest BCUT2D eigenvalue weighted by Gasteiger charge is 2.22. The van der Waals surface area contributed by atoms with Gasteiger partial charge in [0, 0.05) is 6.20 Å². The number of carbonyl (C=O) groups excluding carboxylic acids is 1. The fraction of sp³-hybridized carbons (Fsp3) is 0.200. The molecule has 0 spiro atoms. The van der Waals surface area contributed by atoms with Gasteiger partial charge in [-0.15, -0.1) is 0 Å². The minimum Gasteiger partial charge on any atom is -0.496 e. The molecular weight excluding hydrogens is 338 g/mol. The number of benzene rings is 1. The molecule has 126 valence electrons. The van der Waals surface area contributed by atoms with Gasteiger partial charge in [0.1, 0.15) is 11.6 Å². The van der Waals surface area contributed by atoms with Crippen LogP contribution in [-0.2, 0) is 4.79 Å². The number of nitrogens with zero attached hydrogens (tertiary/aromatic N) is 2. The van der Waals surface area contributed by atoms with Crippen molar-refractivity contribution >= 4 is 29.0 Å². The van der Waals surface area contributed by atoms with E-state index in [2.05, 4.69) is 10.3 Å². The van der Waals surface area contributed by atoms with Crippen LogP contribution >= 0.6 is 11.6 Å². The van der Waals surface area contributed by atoms with Gasteiger partial charge in [-0.2, -0.15) is 0 Å². The van der Waals surface area contributed by atoms with Crippen LogP contribution < -0.4 is 14.8 Å². The van der Waals surface area contributed by atoms with E-state index in [1.807, 2.05) is 0 Å². The highest BCUT2D eigenvalue weighted by molar-refractivity contribution is 6.30. The van der Waals surface area contributed by atoms with Crippen LogP contribution in [-0.4, -0.2) is 29.0 Å². The second kappa shape index (κ2) is 7.60. The van der Waals surface area contributed by atoms with Gasteiger partial charge >= 0.3 is 5.69 Å². The Labute approximate surface area is 142 Å². The Morgan fingerprint density at radius 2 is 2.12 bits per heavy atom. The Balaban J connectivity index is 2.10. The molecule has 1 aromatic carbocycles. The molecule has 1 amide bonds. The molecule has 0 saturated carbocycles. The number of hydrogen-bond donors (Lipinski definition) is 1. The number of nitro benzene ring substituents is 1. The van der Waals surface area contributed by atoms with Gasteiger partial charge in [0.2, 0.25) is 0 Å². The van der Waals surface area contributed by atoms with Gasteiger partial charge in [-0.05, 0) is 31.2 Å². The maximum Gasteiger partial charge on any atom is 0.314 e. The van der Waals surface area contributed by atoms with Crippen molar-refractivity contribution in [2.24, 2.45) is 0 Å². The summed E-state index contributed by atoms with van der Waals surface area (Å²) in [5, 5.41) is 14.1. The molecule has 24 heavy (non-hydrogen) atoms. The first kappa shape index (κ1) is 17.5. The number of halogens is 1. The van der Waals surface area contributed by atoms with Crippen molar-refractivity contribution in [1.29, 1.82) is 0 Å². The number of nitrogens with one attached hydrogen (secondary N) is 1. The van der Waals surface area contributed by atoms with Crippen LogP contribution in [0.15, 0.2) is 36.5 Å². The summed E-state index contributed by atoms with van der Waals surface area (Å²) in [6, 6.07) is 7.21. The molecule has 0 aliphatic carbocycles. The highest BCUT2D eigenvalue weighted by atomic mass is 35.5. The summed E-state index contributed by atoms with van der Waals surface area (Å²) in [6.45, 7) is 1.47. The van der Waals surface area contributed by atoms with Crippen LogP contribution in [0.5, 0.6) is 11.5 Å². The van der Waals surface area contributed by atoms with Crippen LogP contribution in [0, 0.1) is 10.1 Å². The standard InChI is InChI=1S/C15H14ClN3O5/c1-9(15(20)18-14-6-3-10(16)8-17-14)24-13-5-4-11(23-2)7-12(13)19(21)22/h3-9H,1-2H3,(H,17,18,20)/t9-/m0/s1. The normalized spacial score (nSPS) is 11.5. The predicted molar refractivity (Wildman–Crippen MR) is 87.6 cm³/mol. The summed E-state index contributed by atoms with van der Waals surface area (Å²) in [7, 11) is 1.40. The summed E-state index contributed by atoms with van der Waals surface area (Å²) in [4.78, 5) is 26.5. The first-order chi connectivity index (χ1) is 11.4. The molecule has 0 radical (unpaired) electrons. The maximum atomic E-state index is 12.1. The Bertz CT molecular complexity index is 751. The van der Waals surface area contributed by atoms with E-state index in [0.717, 1.165) is 0 Å². The zero-order valence-electron chi connectivity index (χ0n) is 12.9. The number of methoxy groups -OCH3 is 1. The summed E-state index contributed by atoms with van der Waals surface area (Å²) < 4.78 is 10.3. The molecule has 1 N–H and O–H groups in total. The largest absolute Gasteiger partial charge is 0.496 e. The lowest BCUT2D eigenvalue weighted by atomic mass is 10.2. The van der Waals surface area contributed by atoms with E-state index in [1.165, 1.54) is 44.5 Å². The van der Waals surface area contributed by atoms with Crippen LogP contribution in [0.3, 0.4) is 0 Å². The van der Waals surface area contributed by atoms with E-state index >= 15 is 0 Å². The molecule has 0 saturated heterocycles. The Morgan fingerprint density at radius 3 is 2.71 bits per heavy atom. The number of rotatable bonds is 6. The minimum atomic E-state index is -0.977. The predicted octanol–water partition coefficient (Wildman–Crippen LogP) is 3.06. The number of hydrogen-bond acceptors (Lipinski definition) is 6. The third kappa shape index (κ3) is 4.32. The summed E-state index contributed by atoms with van der Waals surface area (Å²) >= 11 is 5.72. The molecule has 0 aliphatic heterocycles. The van der Waals surface area contributed by atoms with Gasteiger partial charge in [-0.25, -0.2) is 4.98 Å². The number of anilines is 1. The molecule has 9 heteroatoms. The molecule has 1 heterocycles. The van der Waals surface area contributed by atoms with Crippen LogP contribution in [0.25, 0.3) is 0 Å². The second-order valence-corrected chi connectivity index (χ2v) is 5.14. The van der Waals surface area contributed by atoms with Gasteiger partial charge in [0.05, 0.1) is 23.1 Å². The van der Waals surface area contributed by atoms with Crippen molar-refractivity contribution in [1.82, 2.24) is 4.98 Å². The molecule has 0 bridgehead atoms. The maximum absolute atomic E-state index is 12.1. The number of nitro groups is 1. The quantitative estimate of drug-likeness (QED) is 0.633. The third-order valence-electron chi connectivity index (χ3n) is 3.01. The Kier molecular flexibility index (Phi) is 5.54. The van der Waals surface area contributed by atoms with Crippen molar-refractivity contribution < 1.29 is 19.2 Å². The average molecular weight is 352 g/mol. The fourth-order valence-corrected chi connectivity index (χ4v) is 1.90. The molecule has 2 rings (SSSR count). The first-order valence-electron chi connectivity index (χ1n) is 6.82. The highest BCUT2D eigenvalue weighted by Crippen LogP contribution is 2.31. The summed E-state index contributed by atoms with van der Waals surface area (Å²) in [5.74, 6) is 0.0723. The first-order valence-corrected chi connectivity index (χ1v) is 7.20. The van der Waals surface area contributed by atoms with Gasteiger partial charge in [0.15, 0.2) is 11.9 Å². The molecule has 0 unspecified atom stereocenters. The zero-order chi connectivity index (χ0) is 17.7. The van der Waals surface area contributed by atoms with Crippen molar-refractivity contribution in [2.45, 2.75) is 13.0 Å². The SMILES string of the molecule is COc1ccc(O[C@@H](C)C(=O)Nc2ccc(Cl)cn2)c([N+](=O)[O-])c1. The van der Waals surface area contributed by atoms with E-state index < -0.39 is 16.9 Å². The van der Waals surface area contributed by atoms with Crippen LogP contribution in [0.2, 0.25) is 5.02 Å². The number of carbonyl (C=O) groups is 1. The molecule has 8 nitrogen and oxygen atoms in total. The van der Waals surface area contributed by atoms with Crippen molar-refractivity contribution in [3.63, 3.8) is 0 Å². The summed E-state index contributed by atoms with van der Waals surface area (Å²) in [6.07, 6.45) is 0.409. The van der Waals surface area contributed by atoms with E-state index in [-0.39, 0.29) is 11.4 Å². The number of pyridine rings is 1. The monoisotopic (exact) mass is 351 g/mol. The smallest absolute Gasteiger partial charge is 0.314 e. The lowest BCUT2D eigenvalue weighted by Gasteiger charge is -2.14. The molecule has 0 fully saturated rings. The molecule has 2 aromatic rings. The number of amides is 1. The molecule has 0 aliphatic rings. The minimum absolute atomic E-state index is 0.0347. The molecular formula is C15H14ClN3O5. The zero-order valence-corrected chi connectivity index (χ0v) is 13.6. The van der Waals surface area contributed by atoms with Gasteiger partial charge in [0.25, 0.3) is 5.91 Å². The van der Waals surface area contributed by atoms with Crippen molar-refractivity contribution in [3.8, 4) is 11.5 Å². The van der Waals surface area contributed by atoms with E-state index in [9.17, 15) is 14.9 Å². The average Bonchev–Trinajstić information content (AvgIpc) is 2.57. The summed E-state index contributed by atoms with van der Waals surface area (Å²) in [5.41, 5.74) is -0.293. The van der Waals surface area contributed by atoms with Crippen LogP contribution in [0.1, 0.15) is 6.92 Å². The van der Waals surface area contributed by atoms with E-state index in [4.69, 9.17) is 21.1 Å². The van der Waals surface area contributed by atoms with Crippen LogP contribution in [0.4, 0.5) is 11.5 Å². The molecule has 1 atom stereocenters. The van der Waals surface area contributed by atoms with Gasteiger partial charge in [-0.1, -0.05) is 11.6 Å². The van der Waals surface area contributed by atoms with Gasteiger partial charge < -0.3 is 14.8 Å².